The molecule has 146 valence electrons. The van der Waals surface area contributed by atoms with Crippen LogP contribution in [-0.4, -0.2) is 19.1 Å². The fraction of sp³-hybridized carbons (Fsp3) is 0.381. The van der Waals surface area contributed by atoms with Crippen LogP contribution in [0.4, 0.5) is 14.5 Å². The standard InChI is InChI=1S/C21H25F2NO3/c1-21(2,3)15-10-12-16(13-11-15)26-14-6-9-19(25)24-17-7-4-5-8-18(17)27-20(22)23/h4-5,7-8,10-13,20H,6,9,14H2,1-3H3,(H,24,25). The lowest BCUT2D eigenvalue weighted by Gasteiger charge is -2.19. The van der Waals surface area contributed by atoms with E-state index >= 15 is 0 Å². The van der Waals surface area contributed by atoms with Crippen LogP contribution in [0.5, 0.6) is 11.5 Å². The van der Waals surface area contributed by atoms with E-state index in [-0.39, 0.29) is 29.2 Å². The summed E-state index contributed by atoms with van der Waals surface area (Å²) in [6.07, 6.45) is 0.716. The Labute approximate surface area is 158 Å². The Kier molecular flexibility index (Phi) is 7.16. The lowest BCUT2D eigenvalue weighted by molar-refractivity contribution is -0.116. The second-order valence-corrected chi connectivity index (χ2v) is 7.15. The molecule has 0 radical (unpaired) electrons. The van der Waals surface area contributed by atoms with E-state index in [1.54, 1.807) is 12.1 Å². The summed E-state index contributed by atoms with van der Waals surface area (Å²) >= 11 is 0. The summed E-state index contributed by atoms with van der Waals surface area (Å²) in [5, 5.41) is 2.59. The van der Waals surface area contributed by atoms with E-state index in [1.807, 2.05) is 24.3 Å². The molecule has 0 aromatic heterocycles. The lowest BCUT2D eigenvalue weighted by atomic mass is 9.87. The van der Waals surface area contributed by atoms with Gasteiger partial charge < -0.3 is 14.8 Å². The van der Waals surface area contributed by atoms with Gasteiger partial charge in [-0.05, 0) is 41.7 Å². The Morgan fingerprint density at radius 3 is 2.37 bits per heavy atom. The van der Waals surface area contributed by atoms with Gasteiger partial charge in [-0.2, -0.15) is 8.78 Å². The zero-order chi connectivity index (χ0) is 19.9. The van der Waals surface area contributed by atoms with E-state index < -0.39 is 6.61 Å². The van der Waals surface area contributed by atoms with E-state index in [0.29, 0.717) is 13.0 Å². The van der Waals surface area contributed by atoms with Crippen LogP contribution < -0.4 is 14.8 Å². The summed E-state index contributed by atoms with van der Waals surface area (Å²) in [4.78, 5) is 12.0. The first-order chi connectivity index (χ1) is 12.8. The van der Waals surface area contributed by atoms with Gasteiger partial charge >= 0.3 is 6.61 Å². The molecule has 0 bridgehead atoms. The number of carbonyl (C=O) groups is 1. The maximum atomic E-state index is 12.4. The van der Waals surface area contributed by atoms with Gasteiger partial charge in [0, 0.05) is 6.42 Å². The van der Waals surface area contributed by atoms with Gasteiger partial charge in [-0.1, -0.05) is 45.0 Å². The molecule has 4 nitrogen and oxygen atoms in total. The number of ether oxygens (including phenoxy) is 2. The van der Waals surface area contributed by atoms with Crippen molar-refractivity contribution < 1.29 is 23.0 Å². The van der Waals surface area contributed by atoms with Crippen molar-refractivity contribution in [3.63, 3.8) is 0 Å². The normalized spacial score (nSPS) is 11.3. The van der Waals surface area contributed by atoms with Crippen molar-refractivity contribution in [3.8, 4) is 11.5 Å². The minimum absolute atomic E-state index is 0.0592. The number of hydrogen-bond donors (Lipinski definition) is 1. The first-order valence-corrected chi connectivity index (χ1v) is 8.83. The van der Waals surface area contributed by atoms with Gasteiger partial charge in [0.05, 0.1) is 12.3 Å². The fourth-order valence-corrected chi connectivity index (χ4v) is 2.46. The Bertz CT molecular complexity index is 740. The molecule has 1 amide bonds. The number of amides is 1. The number of para-hydroxylation sites is 2. The molecule has 0 aliphatic carbocycles. The third-order valence-electron chi connectivity index (χ3n) is 3.91. The molecule has 2 aromatic rings. The molecule has 0 heterocycles. The zero-order valence-electron chi connectivity index (χ0n) is 15.8. The number of hydrogen-bond acceptors (Lipinski definition) is 3. The van der Waals surface area contributed by atoms with E-state index in [9.17, 15) is 13.6 Å². The fourth-order valence-electron chi connectivity index (χ4n) is 2.46. The Balaban J connectivity index is 1.77. The largest absolute Gasteiger partial charge is 0.494 e. The Morgan fingerprint density at radius 1 is 1.07 bits per heavy atom. The van der Waals surface area contributed by atoms with Crippen molar-refractivity contribution >= 4 is 11.6 Å². The number of anilines is 1. The summed E-state index contributed by atoms with van der Waals surface area (Å²) in [5.41, 5.74) is 1.53. The van der Waals surface area contributed by atoms with Crippen molar-refractivity contribution in [2.45, 2.75) is 45.6 Å². The number of halogens is 2. The highest BCUT2D eigenvalue weighted by atomic mass is 19.3. The van der Waals surface area contributed by atoms with Crippen LogP contribution in [0.25, 0.3) is 0 Å². The van der Waals surface area contributed by atoms with Crippen LogP contribution in [0.2, 0.25) is 0 Å². The molecular formula is C21H25F2NO3. The Hall–Kier alpha value is -2.63. The molecule has 0 saturated heterocycles. The van der Waals surface area contributed by atoms with Gasteiger partial charge in [0.1, 0.15) is 11.5 Å². The highest BCUT2D eigenvalue weighted by Crippen LogP contribution is 2.26. The predicted molar refractivity (Wildman–Crippen MR) is 102 cm³/mol. The van der Waals surface area contributed by atoms with Crippen molar-refractivity contribution in [1.82, 2.24) is 0 Å². The molecule has 0 unspecified atom stereocenters. The van der Waals surface area contributed by atoms with Gasteiger partial charge in [-0.15, -0.1) is 0 Å². The number of rotatable bonds is 8. The van der Waals surface area contributed by atoms with Crippen LogP contribution in [-0.2, 0) is 10.2 Å². The second-order valence-electron chi connectivity index (χ2n) is 7.15. The highest BCUT2D eigenvalue weighted by Gasteiger charge is 2.13. The maximum absolute atomic E-state index is 12.4. The quantitative estimate of drug-likeness (QED) is 0.628. The van der Waals surface area contributed by atoms with Crippen LogP contribution in [0, 0.1) is 0 Å². The summed E-state index contributed by atoms with van der Waals surface area (Å²) in [5.74, 6) is 0.405. The molecule has 0 atom stereocenters. The third kappa shape index (κ3) is 6.89. The third-order valence-corrected chi connectivity index (χ3v) is 3.91. The van der Waals surface area contributed by atoms with Gasteiger partial charge in [0.25, 0.3) is 0 Å². The lowest BCUT2D eigenvalue weighted by Crippen LogP contribution is -2.14. The first kappa shape index (κ1) is 20.7. The first-order valence-electron chi connectivity index (χ1n) is 8.83. The summed E-state index contributed by atoms with van der Waals surface area (Å²) in [6.45, 7) is 3.88. The number of benzene rings is 2. The van der Waals surface area contributed by atoms with Crippen LogP contribution in [0.15, 0.2) is 48.5 Å². The van der Waals surface area contributed by atoms with E-state index in [2.05, 4.69) is 30.8 Å². The van der Waals surface area contributed by atoms with Crippen LogP contribution in [0.3, 0.4) is 0 Å². The van der Waals surface area contributed by atoms with E-state index in [1.165, 1.54) is 17.7 Å². The molecule has 0 spiro atoms. The van der Waals surface area contributed by atoms with Crippen molar-refractivity contribution in [2.24, 2.45) is 0 Å². The molecule has 0 aliphatic rings. The maximum Gasteiger partial charge on any atom is 0.387 e. The molecule has 2 rings (SSSR count). The molecule has 1 N–H and O–H groups in total. The summed E-state index contributed by atoms with van der Waals surface area (Å²) < 4.78 is 34.8. The number of alkyl halides is 2. The van der Waals surface area contributed by atoms with Crippen LogP contribution >= 0.6 is 0 Å². The van der Waals surface area contributed by atoms with Gasteiger partial charge in [0.15, 0.2) is 0 Å². The molecule has 0 saturated carbocycles. The summed E-state index contributed by atoms with van der Waals surface area (Å²) in [6, 6.07) is 14.0. The molecule has 6 heteroatoms. The smallest absolute Gasteiger partial charge is 0.387 e. The Morgan fingerprint density at radius 2 is 1.74 bits per heavy atom. The minimum atomic E-state index is -2.94. The van der Waals surface area contributed by atoms with Gasteiger partial charge in [-0.3, -0.25) is 4.79 Å². The monoisotopic (exact) mass is 377 g/mol. The number of carbonyl (C=O) groups excluding carboxylic acids is 1. The summed E-state index contributed by atoms with van der Waals surface area (Å²) in [7, 11) is 0. The van der Waals surface area contributed by atoms with E-state index in [0.717, 1.165) is 5.75 Å². The molecule has 2 aromatic carbocycles. The van der Waals surface area contributed by atoms with Gasteiger partial charge in [-0.25, -0.2) is 0 Å². The molecular weight excluding hydrogens is 352 g/mol. The van der Waals surface area contributed by atoms with Crippen LogP contribution in [0.1, 0.15) is 39.2 Å². The zero-order valence-corrected chi connectivity index (χ0v) is 15.8. The average molecular weight is 377 g/mol. The van der Waals surface area contributed by atoms with Gasteiger partial charge in [0.2, 0.25) is 5.91 Å². The topological polar surface area (TPSA) is 47.6 Å². The van der Waals surface area contributed by atoms with Crippen molar-refractivity contribution in [2.75, 3.05) is 11.9 Å². The predicted octanol–water partition coefficient (Wildman–Crippen LogP) is 5.38. The highest BCUT2D eigenvalue weighted by molar-refractivity contribution is 5.92. The number of nitrogens with one attached hydrogen (secondary N) is 1. The second kappa shape index (κ2) is 9.35. The van der Waals surface area contributed by atoms with Crippen molar-refractivity contribution in [3.05, 3.63) is 54.1 Å². The minimum Gasteiger partial charge on any atom is -0.494 e. The average Bonchev–Trinajstić information content (AvgIpc) is 2.60. The SMILES string of the molecule is CC(C)(C)c1ccc(OCCCC(=O)Nc2ccccc2OC(F)F)cc1. The van der Waals surface area contributed by atoms with Crippen molar-refractivity contribution in [1.29, 1.82) is 0 Å². The molecule has 27 heavy (non-hydrogen) atoms. The molecule has 0 aliphatic heterocycles. The van der Waals surface area contributed by atoms with E-state index in [4.69, 9.17) is 4.74 Å². The molecule has 0 fully saturated rings.